The van der Waals surface area contributed by atoms with E-state index in [-0.39, 0.29) is 43.6 Å². The lowest BCUT2D eigenvalue weighted by Gasteiger charge is -2.37. The molecule has 0 spiro atoms. The topological polar surface area (TPSA) is 68.3 Å². The Balaban J connectivity index is 1.34. The molecule has 0 N–H and O–H groups in total. The zero-order valence-corrected chi connectivity index (χ0v) is 22.3. The molecule has 1 unspecified atom stereocenters. The Morgan fingerprint density at radius 2 is 1.92 bits per heavy atom. The standard InChI is InChI=1S/C29H31FN2O5S/c1-19(2)9-12-31(29(34)20-3-8-25-26(15-20)37-18-36-25)16-28(33)32-13-10-27-23(11-14-38-27)24(32)17-35-22-6-4-21(30)5-7-22/h3-8,11,14-15,19,24H,9-10,12-13,16-18H2,1-2H3. The van der Waals surface area contributed by atoms with Crippen molar-refractivity contribution in [3.8, 4) is 17.2 Å². The Morgan fingerprint density at radius 3 is 2.71 bits per heavy atom. The average Bonchev–Trinajstić information content (AvgIpc) is 3.59. The highest BCUT2D eigenvalue weighted by molar-refractivity contribution is 7.10. The van der Waals surface area contributed by atoms with Crippen LogP contribution >= 0.6 is 11.3 Å². The maximum atomic E-state index is 13.8. The third kappa shape index (κ3) is 5.78. The molecule has 2 aromatic carbocycles. The minimum absolute atomic E-state index is 0.0352. The van der Waals surface area contributed by atoms with Crippen LogP contribution in [-0.2, 0) is 11.2 Å². The van der Waals surface area contributed by atoms with Crippen molar-refractivity contribution in [2.45, 2.75) is 32.7 Å². The van der Waals surface area contributed by atoms with E-state index in [1.807, 2.05) is 16.3 Å². The fourth-order valence-corrected chi connectivity index (χ4v) is 5.64. The Kier molecular flexibility index (Phi) is 7.83. The number of hydrogen-bond acceptors (Lipinski definition) is 6. The van der Waals surface area contributed by atoms with Gasteiger partial charge in [0.1, 0.15) is 24.7 Å². The highest BCUT2D eigenvalue weighted by Gasteiger charge is 2.34. The van der Waals surface area contributed by atoms with Gasteiger partial charge < -0.3 is 24.0 Å². The molecule has 2 amide bonds. The fourth-order valence-electron chi connectivity index (χ4n) is 4.71. The van der Waals surface area contributed by atoms with E-state index in [1.165, 1.54) is 17.0 Å². The number of amides is 2. The van der Waals surface area contributed by atoms with Crippen molar-refractivity contribution >= 4 is 23.2 Å². The van der Waals surface area contributed by atoms with Crippen molar-refractivity contribution in [3.63, 3.8) is 0 Å². The monoisotopic (exact) mass is 538 g/mol. The van der Waals surface area contributed by atoms with Crippen LogP contribution in [0.3, 0.4) is 0 Å². The number of halogens is 1. The second-order valence-corrected chi connectivity index (χ2v) is 10.9. The highest BCUT2D eigenvalue weighted by Crippen LogP contribution is 2.35. The molecular formula is C29H31FN2O5S. The van der Waals surface area contributed by atoms with Crippen molar-refractivity contribution in [1.29, 1.82) is 0 Å². The third-order valence-corrected chi connectivity index (χ3v) is 7.84. The van der Waals surface area contributed by atoms with Crippen LogP contribution in [0.4, 0.5) is 4.39 Å². The first-order chi connectivity index (χ1) is 18.4. The molecule has 2 aliphatic heterocycles. The van der Waals surface area contributed by atoms with Gasteiger partial charge in [-0.2, -0.15) is 0 Å². The summed E-state index contributed by atoms with van der Waals surface area (Å²) >= 11 is 1.67. The number of rotatable bonds is 9. The quantitative estimate of drug-likeness (QED) is 0.370. The molecule has 0 saturated carbocycles. The number of hydrogen-bond donors (Lipinski definition) is 0. The van der Waals surface area contributed by atoms with Crippen LogP contribution < -0.4 is 14.2 Å². The molecule has 38 heavy (non-hydrogen) atoms. The summed E-state index contributed by atoms with van der Waals surface area (Å²) in [4.78, 5) is 32.0. The molecule has 9 heteroatoms. The Bertz CT molecular complexity index is 1290. The van der Waals surface area contributed by atoms with Crippen LogP contribution in [-0.4, -0.2) is 54.6 Å². The van der Waals surface area contributed by atoms with E-state index in [4.69, 9.17) is 14.2 Å². The van der Waals surface area contributed by atoms with Crippen molar-refractivity contribution in [1.82, 2.24) is 9.80 Å². The number of nitrogens with zero attached hydrogens (tertiary/aromatic N) is 2. The lowest BCUT2D eigenvalue weighted by atomic mass is 10.00. The van der Waals surface area contributed by atoms with Gasteiger partial charge in [0, 0.05) is 23.5 Å². The second-order valence-electron chi connectivity index (χ2n) is 9.89. The highest BCUT2D eigenvalue weighted by atomic mass is 32.1. The van der Waals surface area contributed by atoms with Gasteiger partial charge >= 0.3 is 0 Å². The lowest BCUT2D eigenvalue weighted by molar-refractivity contribution is -0.135. The number of benzene rings is 2. The molecule has 3 heterocycles. The summed E-state index contributed by atoms with van der Waals surface area (Å²) in [6.45, 7) is 5.53. The van der Waals surface area contributed by atoms with Gasteiger partial charge in [-0.25, -0.2) is 4.39 Å². The van der Waals surface area contributed by atoms with Gasteiger partial charge in [-0.3, -0.25) is 9.59 Å². The number of fused-ring (bicyclic) bond motifs is 2. The summed E-state index contributed by atoms with van der Waals surface area (Å²) in [5.41, 5.74) is 1.52. The fraction of sp³-hybridized carbons (Fsp3) is 0.379. The number of thiophene rings is 1. The minimum atomic E-state index is -0.333. The van der Waals surface area contributed by atoms with Gasteiger partial charge in [-0.05, 0) is 78.2 Å². The second kappa shape index (κ2) is 11.4. The summed E-state index contributed by atoms with van der Waals surface area (Å²) in [6, 6.07) is 12.7. The first-order valence-corrected chi connectivity index (χ1v) is 13.7. The van der Waals surface area contributed by atoms with Gasteiger partial charge in [0.25, 0.3) is 5.91 Å². The molecule has 0 radical (unpaired) electrons. The van der Waals surface area contributed by atoms with E-state index in [0.717, 1.165) is 18.4 Å². The molecule has 5 rings (SSSR count). The largest absolute Gasteiger partial charge is 0.491 e. The lowest BCUT2D eigenvalue weighted by Crippen LogP contribution is -2.48. The first kappa shape index (κ1) is 26.0. The summed E-state index contributed by atoms with van der Waals surface area (Å²) < 4.78 is 30.2. The van der Waals surface area contributed by atoms with Gasteiger partial charge in [-0.1, -0.05) is 13.8 Å². The molecule has 0 bridgehead atoms. The molecule has 1 atom stereocenters. The van der Waals surface area contributed by atoms with E-state index >= 15 is 0 Å². The van der Waals surface area contributed by atoms with Crippen molar-refractivity contribution < 1.29 is 28.2 Å². The van der Waals surface area contributed by atoms with Gasteiger partial charge in [0.15, 0.2) is 11.5 Å². The Hall–Kier alpha value is -3.59. The summed E-state index contributed by atoms with van der Waals surface area (Å²) in [5, 5.41) is 2.03. The molecule has 1 aromatic heterocycles. The molecule has 0 aliphatic carbocycles. The van der Waals surface area contributed by atoms with E-state index in [9.17, 15) is 14.0 Å². The number of carbonyl (C=O) groups excluding carboxylic acids is 2. The first-order valence-electron chi connectivity index (χ1n) is 12.8. The average molecular weight is 539 g/mol. The zero-order chi connectivity index (χ0) is 26.6. The van der Waals surface area contributed by atoms with Crippen LogP contribution in [0.15, 0.2) is 53.9 Å². The summed E-state index contributed by atoms with van der Waals surface area (Å²) in [6.07, 6.45) is 1.53. The predicted molar refractivity (Wildman–Crippen MR) is 142 cm³/mol. The van der Waals surface area contributed by atoms with Crippen molar-refractivity contribution in [2.24, 2.45) is 5.92 Å². The molecule has 3 aromatic rings. The van der Waals surface area contributed by atoms with Crippen LogP contribution in [0.1, 0.15) is 47.1 Å². The smallest absolute Gasteiger partial charge is 0.254 e. The van der Waals surface area contributed by atoms with Crippen LogP contribution in [0.2, 0.25) is 0 Å². The van der Waals surface area contributed by atoms with Gasteiger partial charge in [0.2, 0.25) is 12.7 Å². The van der Waals surface area contributed by atoms with E-state index in [2.05, 4.69) is 13.8 Å². The number of ether oxygens (including phenoxy) is 3. The van der Waals surface area contributed by atoms with E-state index < -0.39 is 0 Å². The van der Waals surface area contributed by atoms with Crippen LogP contribution in [0.25, 0.3) is 0 Å². The van der Waals surface area contributed by atoms with Gasteiger partial charge in [-0.15, -0.1) is 11.3 Å². The van der Waals surface area contributed by atoms with Gasteiger partial charge in [0.05, 0.1) is 6.04 Å². The summed E-state index contributed by atoms with van der Waals surface area (Å²) in [5.74, 6) is 1.37. The van der Waals surface area contributed by atoms with Crippen LogP contribution in [0.5, 0.6) is 17.2 Å². The summed E-state index contributed by atoms with van der Waals surface area (Å²) in [7, 11) is 0. The van der Waals surface area contributed by atoms with E-state index in [1.54, 1.807) is 46.6 Å². The van der Waals surface area contributed by atoms with Crippen molar-refractivity contribution in [3.05, 3.63) is 75.7 Å². The SMILES string of the molecule is CC(C)CCN(CC(=O)N1CCc2sccc2C1COc1ccc(F)cc1)C(=O)c1ccc2c(c1)OCO2. The third-order valence-electron chi connectivity index (χ3n) is 6.85. The van der Waals surface area contributed by atoms with E-state index in [0.29, 0.717) is 41.8 Å². The minimum Gasteiger partial charge on any atom is -0.491 e. The predicted octanol–water partition coefficient (Wildman–Crippen LogP) is 5.31. The van der Waals surface area contributed by atoms with Crippen LogP contribution in [0, 0.1) is 11.7 Å². The Morgan fingerprint density at radius 1 is 1.13 bits per heavy atom. The zero-order valence-electron chi connectivity index (χ0n) is 21.5. The molecule has 0 fully saturated rings. The molecule has 7 nitrogen and oxygen atoms in total. The molecular weight excluding hydrogens is 507 g/mol. The molecule has 0 saturated heterocycles. The maximum Gasteiger partial charge on any atom is 0.254 e. The molecule has 200 valence electrons. The number of carbonyl (C=O) groups is 2. The van der Waals surface area contributed by atoms with Crippen molar-refractivity contribution in [2.75, 3.05) is 33.0 Å². The Labute approximate surface area is 225 Å². The maximum absolute atomic E-state index is 13.8. The molecule has 2 aliphatic rings. The normalized spacial score (nSPS) is 15.9.